The van der Waals surface area contributed by atoms with Gasteiger partial charge in [0.05, 0.1) is 11.6 Å². The van der Waals surface area contributed by atoms with E-state index in [1.165, 1.54) is 0 Å². The zero-order valence-corrected chi connectivity index (χ0v) is 15.6. The number of carbonyl (C=O) groups is 1. The highest BCUT2D eigenvalue weighted by Crippen LogP contribution is 2.26. The molecule has 1 aromatic carbocycles. The molecule has 0 saturated heterocycles. The second-order valence-electron chi connectivity index (χ2n) is 7.18. The van der Waals surface area contributed by atoms with E-state index in [-0.39, 0.29) is 23.7 Å². The Morgan fingerprint density at radius 2 is 2.00 bits per heavy atom. The molecule has 2 N–H and O–H groups in total. The van der Waals surface area contributed by atoms with Gasteiger partial charge in [0.25, 0.3) is 5.91 Å². The van der Waals surface area contributed by atoms with Crippen molar-refractivity contribution in [3.8, 4) is 5.75 Å². The Morgan fingerprint density at radius 1 is 1.18 bits per heavy atom. The van der Waals surface area contributed by atoms with Crippen LogP contribution in [-0.4, -0.2) is 33.0 Å². The smallest absolute Gasteiger partial charge is 0.345 e. The highest BCUT2D eigenvalue weighted by atomic mass is 16.5. The molecule has 0 spiro atoms. The molecule has 1 amide bonds. The number of aromatic amines is 1. The van der Waals surface area contributed by atoms with Crippen LogP contribution in [0.1, 0.15) is 41.9 Å². The summed E-state index contributed by atoms with van der Waals surface area (Å²) in [6, 6.07) is 11.5. The lowest BCUT2D eigenvalue weighted by molar-refractivity contribution is 0.0888. The average molecular weight is 378 g/mol. The summed E-state index contributed by atoms with van der Waals surface area (Å²) in [4.78, 5) is 34.4. The van der Waals surface area contributed by atoms with Crippen LogP contribution in [0.15, 0.2) is 47.4 Å². The molecule has 144 valence electrons. The lowest BCUT2D eigenvalue weighted by atomic mass is 9.92. The Bertz CT molecular complexity index is 1050. The predicted octanol–water partition coefficient (Wildman–Crippen LogP) is 2.75. The Balaban J connectivity index is 1.32. The third-order valence-electron chi connectivity index (χ3n) is 5.00. The third-order valence-corrected chi connectivity index (χ3v) is 5.00. The van der Waals surface area contributed by atoms with E-state index in [4.69, 9.17) is 4.74 Å². The molecule has 7 heteroatoms. The Kier molecular flexibility index (Phi) is 5.06. The predicted molar refractivity (Wildman–Crippen MR) is 105 cm³/mol. The summed E-state index contributed by atoms with van der Waals surface area (Å²) in [5, 5.41) is 4.04. The Labute approximate surface area is 162 Å². The molecule has 4 rings (SSSR count). The molecule has 1 aliphatic rings. The van der Waals surface area contributed by atoms with E-state index in [1.54, 1.807) is 19.2 Å². The van der Waals surface area contributed by atoms with Crippen LogP contribution >= 0.6 is 0 Å². The van der Waals surface area contributed by atoms with Crippen molar-refractivity contribution < 1.29 is 9.53 Å². The van der Waals surface area contributed by atoms with Crippen LogP contribution in [-0.2, 0) is 0 Å². The van der Waals surface area contributed by atoms with Gasteiger partial charge in [0.2, 0.25) is 0 Å². The van der Waals surface area contributed by atoms with Crippen molar-refractivity contribution in [2.24, 2.45) is 0 Å². The van der Waals surface area contributed by atoms with Gasteiger partial charge in [-0.15, -0.1) is 0 Å². The Hall–Kier alpha value is -3.22. The van der Waals surface area contributed by atoms with Gasteiger partial charge in [-0.2, -0.15) is 4.98 Å². The molecule has 28 heavy (non-hydrogen) atoms. The summed E-state index contributed by atoms with van der Waals surface area (Å²) in [6.45, 7) is 1.73. The number of aryl methyl sites for hydroxylation is 1. The van der Waals surface area contributed by atoms with E-state index >= 15 is 0 Å². The molecule has 2 heterocycles. The standard InChI is InChI=1S/C21H22N4O3/c1-13-11-19(25-21(27)23-13)20(26)24-15-4-6-16(7-5-15)28-17-8-9-18-14(12-17)3-2-10-22-18/h2-3,8-12,15-16H,4-7H2,1H3,(H,24,26)(H,23,25,27). The molecule has 0 radical (unpaired) electrons. The highest BCUT2D eigenvalue weighted by Gasteiger charge is 2.24. The van der Waals surface area contributed by atoms with Crippen molar-refractivity contribution in [3.05, 3.63) is 64.5 Å². The zero-order valence-electron chi connectivity index (χ0n) is 15.6. The number of ether oxygens (including phenoxy) is 1. The van der Waals surface area contributed by atoms with Crippen LogP contribution in [0.25, 0.3) is 10.9 Å². The van der Waals surface area contributed by atoms with Gasteiger partial charge in [-0.05, 0) is 62.9 Å². The van der Waals surface area contributed by atoms with E-state index in [2.05, 4.69) is 20.3 Å². The van der Waals surface area contributed by atoms with Crippen LogP contribution in [0, 0.1) is 6.92 Å². The molecular formula is C21H22N4O3. The van der Waals surface area contributed by atoms with Gasteiger partial charge in [-0.25, -0.2) is 4.79 Å². The quantitative estimate of drug-likeness (QED) is 0.728. The van der Waals surface area contributed by atoms with Gasteiger partial charge in [-0.1, -0.05) is 6.07 Å². The number of nitrogens with one attached hydrogen (secondary N) is 2. The fourth-order valence-corrected chi connectivity index (χ4v) is 3.60. The minimum Gasteiger partial charge on any atom is -0.490 e. The first kappa shape index (κ1) is 18.2. The summed E-state index contributed by atoms with van der Waals surface area (Å²) < 4.78 is 6.13. The van der Waals surface area contributed by atoms with Gasteiger partial charge in [-0.3, -0.25) is 9.78 Å². The number of hydrogen-bond acceptors (Lipinski definition) is 5. The first-order valence-electron chi connectivity index (χ1n) is 9.47. The molecule has 1 fully saturated rings. The van der Waals surface area contributed by atoms with Gasteiger partial charge < -0.3 is 15.0 Å². The lowest BCUT2D eigenvalue weighted by Crippen LogP contribution is -2.40. The molecular weight excluding hydrogens is 356 g/mol. The number of nitrogens with zero attached hydrogens (tertiary/aromatic N) is 2. The second-order valence-corrected chi connectivity index (χ2v) is 7.18. The van der Waals surface area contributed by atoms with Crippen molar-refractivity contribution in [1.29, 1.82) is 0 Å². The number of pyridine rings is 1. The maximum Gasteiger partial charge on any atom is 0.345 e. The van der Waals surface area contributed by atoms with Crippen molar-refractivity contribution in [2.45, 2.75) is 44.8 Å². The average Bonchev–Trinajstić information content (AvgIpc) is 2.68. The third kappa shape index (κ3) is 4.19. The SMILES string of the molecule is Cc1cc(C(=O)NC2CCC(Oc3ccc4ncccc4c3)CC2)nc(=O)[nH]1. The van der Waals surface area contributed by atoms with Crippen LogP contribution < -0.4 is 15.7 Å². The largest absolute Gasteiger partial charge is 0.490 e. The highest BCUT2D eigenvalue weighted by molar-refractivity contribution is 5.92. The summed E-state index contributed by atoms with van der Waals surface area (Å²) in [5.74, 6) is 0.539. The minimum atomic E-state index is -0.507. The van der Waals surface area contributed by atoms with Crippen molar-refractivity contribution in [2.75, 3.05) is 0 Å². The number of fused-ring (bicyclic) bond motifs is 1. The fourth-order valence-electron chi connectivity index (χ4n) is 3.60. The molecule has 1 saturated carbocycles. The summed E-state index contributed by atoms with van der Waals surface area (Å²) in [5.41, 5.74) is 1.22. The fraction of sp³-hybridized carbons (Fsp3) is 0.333. The number of benzene rings is 1. The summed E-state index contributed by atoms with van der Waals surface area (Å²) in [6.07, 6.45) is 5.28. The van der Waals surface area contributed by atoms with Gasteiger partial charge in [0.1, 0.15) is 11.4 Å². The minimum absolute atomic E-state index is 0.0644. The van der Waals surface area contributed by atoms with E-state index in [0.717, 1.165) is 42.3 Å². The van der Waals surface area contributed by atoms with Crippen LogP contribution in [0.5, 0.6) is 5.75 Å². The van der Waals surface area contributed by atoms with E-state index in [0.29, 0.717) is 5.69 Å². The Morgan fingerprint density at radius 3 is 2.79 bits per heavy atom. The second kappa shape index (κ2) is 7.80. The number of H-pyrrole nitrogens is 1. The molecule has 0 bridgehead atoms. The first-order valence-corrected chi connectivity index (χ1v) is 9.47. The molecule has 0 aliphatic heterocycles. The number of carbonyl (C=O) groups excluding carboxylic acids is 1. The molecule has 0 atom stereocenters. The molecule has 1 aliphatic carbocycles. The number of amides is 1. The monoisotopic (exact) mass is 378 g/mol. The molecule has 7 nitrogen and oxygen atoms in total. The topological polar surface area (TPSA) is 97.0 Å². The van der Waals surface area contributed by atoms with E-state index in [1.807, 2.05) is 30.3 Å². The van der Waals surface area contributed by atoms with Crippen LogP contribution in [0.2, 0.25) is 0 Å². The summed E-state index contributed by atoms with van der Waals surface area (Å²) >= 11 is 0. The number of hydrogen-bond donors (Lipinski definition) is 2. The van der Waals surface area contributed by atoms with Crippen LogP contribution in [0.4, 0.5) is 0 Å². The normalized spacial score (nSPS) is 19.3. The molecule has 2 aromatic heterocycles. The van der Waals surface area contributed by atoms with Crippen LogP contribution in [0.3, 0.4) is 0 Å². The zero-order chi connectivity index (χ0) is 19.5. The van der Waals surface area contributed by atoms with Gasteiger partial charge >= 0.3 is 5.69 Å². The molecule has 3 aromatic rings. The van der Waals surface area contributed by atoms with Gasteiger partial charge in [0, 0.05) is 23.3 Å². The van der Waals surface area contributed by atoms with E-state index < -0.39 is 5.69 Å². The lowest BCUT2D eigenvalue weighted by Gasteiger charge is -2.29. The maximum absolute atomic E-state index is 12.4. The first-order chi connectivity index (χ1) is 13.6. The summed E-state index contributed by atoms with van der Waals surface area (Å²) in [7, 11) is 0. The number of rotatable bonds is 4. The van der Waals surface area contributed by atoms with Crippen molar-refractivity contribution >= 4 is 16.8 Å². The number of aromatic nitrogens is 3. The molecule has 0 unspecified atom stereocenters. The van der Waals surface area contributed by atoms with E-state index in [9.17, 15) is 9.59 Å². The maximum atomic E-state index is 12.4. The van der Waals surface area contributed by atoms with Crippen molar-refractivity contribution in [3.63, 3.8) is 0 Å². The van der Waals surface area contributed by atoms with Crippen molar-refractivity contribution in [1.82, 2.24) is 20.3 Å². The van der Waals surface area contributed by atoms with Gasteiger partial charge in [0.15, 0.2) is 0 Å².